The molecule has 0 radical (unpaired) electrons. The highest BCUT2D eigenvalue weighted by Gasteiger charge is 2.24. The first-order valence-electron chi connectivity index (χ1n) is 8.76. The summed E-state index contributed by atoms with van der Waals surface area (Å²) in [7, 11) is 0. The number of carbonyl (C=O) groups is 2. The number of hydrogen-bond acceptors (Lipinski definition) is 7. The van der Waals surface area contributed by atoms with E-state index in [4.69, 9.17) is 0 Å². The van der Waals surface area contributed by atoms with Crippen LogP contribution in [0.25, 0.3) is 5.65 Å². The first-order chi connectivity index (χ1) is 13.1. The summed E-state index contributed by atoms with van der Waals surface area (Å²) in [4.78, 5) is 28.3. The molecule has 0 aliphatic heterocycles. The van der Waals surface area contributed by atoms with Crippen LogP contribution in [-0.2, 0) is 17.9 Å². The largest absolute Gasteiger partial charge is 0.352 e. The second kappa shape index (κ2) is 7.14. The molecule has 0 unspecified atom stereocenters. The van der Waals surface area contributed by atoms with Gasteiger partial charge in [0.25, 0.3) is 5.91 Å². The molecule has 2 amide bonds. The first kappa shape index (κ1) is 17.1. The quantitative estimate of drug-likeness (QED) is 0.629. The van der Waals surface area contributed by atoms with Gasteiger partial charge in [-0.25, -0.2) is 14.1 Å². The lowest BCUT2D eigenvalue weighted by atomic mass is 10.2. The SMILES string of the molecule is Cc1nonc1C(=O)NCc1cn2ncc(CNC(=O)CC3CC3)cc2n1. The van der Waals surface area contributed by atoms with Crippen LogP contribution >= 0.6 is 0 Å². The Kier molecular flexibility index (Phi) is 4.53. The Morgan fingerprint density at radius 1 is 1.26 bits per heavy atom. The molecule has 0 aromatic carbocycles. The third-order valence-electron chi connectivity index (χ3n) is 4.39. The summed E-state index contributed by atoms with van der Waals surface area (Å²) in [6.45, 7) is 2.29. The van der Waals surface area contributed by atoms with Crippen LogP contribution in [-0.4, -0.2) is 36.7 Å². The summed E-state index contributed by atoms with van der Waals surface area (Å²) in [5.41, 5.74) is 2.75. The Morgan fingerprint density at radius 2 is 2.11 bits per heavy atom. The van der Waals surface area contributed by atoms with Gasteiger partial charge in [-0.1, -0.05) is 5.16 Å². The van der Waals surface area contributed by atoms with E-state index < -0.39 is 0 Å². The molecule has 3 aromatic heterocycles. The minimum absolute atomic E-state index is 0.0711. The molecular weight excluding hydrogens is 350 g/mol. The van der Waals surface area contributed by atoms with Crippen LogP contribution in [0.15, 0.2) is 23.1 Å². The number of nitrogens with one attached hydrogen (secondary N) is 2. The molecule has 1 fully saturated rings. The zero-order chi connectivity index (χ0) is 18.8. The van der Waals surface area contributed by atoms with Crippen LogP contribution in [0.2, 0.25) is 0 Å². The van der Waals surface area contributed by atoms with Gasteiger partial charge in [0.15, 0.2) is 11.3 Å². The molecule has 10 heteroatoms. The zero-order valence-electron chi connectivity index (χ0n) is 14.8. The predicted octanol–water partition coefficient (Wildman–Crippen LogP) is 0.767. The van der Waals surface area contributed by atoms with Crippen LogP contribution < -0.4 is 10.6 Å². The number of nitrogens with zero attached hydrogens (tertiary/aromatic N) is 5. The molecule has 3 aromatic rings. The average molecular weight is 369 g/mol. The first-order valence-corrected chi connectivity index (χ1v) is 8.76. The maximum atomic E-state index is 12.0. The van der Waals surface area contributed by atoms with E-state index in [9.17, 15) is 9.59 Å². The Hall–Kier alpha value is -3.30. The maximum Gasteiger partial charge on any atom is 0.275 e. The van der Waals surface area contributed by atoms with Gasteiger partial charge >= 0.3 is 0 Å². The molecule has 1 aliphatic carbocycles. The molecule has 0 bridgehead atoms. The highest BCUT2D eigenvalue weighted by atomic mass is 16.6. The fraction of sp³-hybridized carbons (Fsp3) is 0.412. The van der Waals surface area contributed by atoms with E-state index in [1.807, 2.05) is 6.07 Å². The summed E-state index contributed by atoms with van der Waals surface area (Å²) in [6, 6.07) is 1.86. The van der Waals surface area contributed by atoms with E-state index >= 15 is 0 Å². The summed E-state index contributed by atoms with van der Waals surface area (Å²) < 4.78 is 6.15. The summed E-state index contributed by atoms with van der Waals surface area (Å²) >= 11 is 0. The Labute approximate surface area is 154 Å². The van der Waals surface area contributed by atoms with Gasteiger partial charge in [0.05, 0.1) is 24.6 Å². The molecule has 0 atom stereocenters. The van der Waals surface area contributed by atoms with Gasteiger partial charge in [-0.05, 0) is 42.5 Å². The lowest BCUT2D eigenvalue weighted by Gasteiger charge is -2.04. The number of aryl methyl sites for hydroxylation is 1. The second-order valence-corrected chi connectivity index (χ2v) is 6.70. The van der Waals surface area contributed by atoms with Crippen molar-refractivity contribution in [2.45, 2.75) is 39.3 Å². The van der Waals surface area contributed by atoms with Crippen molar-refractivity contribution >= 4 is 17.5 Å². The third kappa shape index (κ3) is 4.10. The van der Waals surface area contributed by atoms with E-state index in [1.165, 1.54) is 0 Å². The Bertz CT molecular complexity index is 989. The number of imidazole rings is 1. The van der Waals surface area contributed by atoms with E-state index in [1.54, 1.807) is 23.8 Å². The normalized spacial score (nSPS) is 13.7. The fourth-order valence-corrected chi connectivity index (χ4v) is 2.70. The topological polar surface area (TPSA) is 127 Å². The van der Waals surface area contributed by atoms with Crippen LogP contribution in [0.4, 0.5) is 0 Å². The molecule has 2 N–H and O–H groups in total. The highest BCUT2D eigenvalue weighted by molar-refractivity contribution is 5.92. The summed E-state index contributed by atoms with van der Waals surface area (Å²) in [5.74, 6) is 0.257. The molecule has 27 heavy (non-hydrogen) atoms. The van der Waals surface area contributed by atoms with Crippen molar-refractivity contribution in [2.75, 3.05) is 0 Å². The smallest absolute Gasteiger partial charge is 0.275 e. The van der Waals surface area contributed by atoms with Crippen molar-refractivity contribution in [3.8, 4) is 0 Å². The number of fused-ring (bicyclic) bond motifs is 1. The Morgan fingerprint density at radius 3 is 2.85 bits per heavy atom. The zero-order valence-corrected chi connectivity index (χ0v) is 14.8. The Balaban J connectivity index is 1.36. The highest BCUT2D eigenvalue weighted by Crippen LogP contribution is 2.32. The molecule has 0 spiro atoms. The van der Waals surface area contributed by atoms with Gasteiger partial charge < -0.3 is 10.6 Å². The second-order valence-electron chi connectivity index (χ2n) is 6.70. The van der Waals surface area contributed by atoms with Gasteiger partial charge in [-0.15, -0.1) is 0 Å². The minimum atomic E-state index is -0.377. The standard InChI is InChI=1S/C17H19N7O3/c1-10-16(23-27-22-10)17(26)19-8-13-9-24-14(21-13)4-12(7-20-24)6-18-15(25)5-11-2-3-11/h4,7,9,11H,2-3,5-6,8H2,1H3,(H,18,25)(H,19,26). The maximum absolute atomic E-state index is 12.0. The van der Waals surface area contributed by atoms with Crippen molar-refractivity contribution in [3.63, 3.8) is 0 Å². The van der Waals surface area contributed by atoms with E-state index in [2.05, 4.69) is 35.7 Å². The van der Waals surface area contributed by atoms with Gasteiger partial charge in [0, 0.05) is 13.0 Å². The van der Waals surface area contributed by atoms with Crippen molar-refractivity contribution in [3.05, 3.63) is 41.1 Å². The molecule has 1 saturated carbocycles. The fourth-order valence-electron chi connectivity index (χ4n) is 2.70. The molecule has 140 valence electrons. The molecule has 0 saturated heterocycles. The van der Waals surface area contributed by atoms with Crippen LogP contribution in [0.3, 0.4) is 0 Å². The molecule has 3 heterocycles. The average Bonchev–Trinajstić information content (AvgIpc) is 3.20. The monoisotopic (exact) mass is 369 g/mol. The van der Waals surface area contributed by atoms with E-state index in [0.717, 1.165) is 18.4 Å². The van der Waals surface area contributed by atoms with E-state index in [0.29, 0.717) is 35.9 Å². The minimum Gasteiger partial charge on any atom is -0.352 e. The van der Waals surface area contributed by atoms with Crippen LogP contribution in [0.5, 0.6) is 0 Å². The van der Waals surface area contributed by atoms with Gasteiger partial charge in [-0.2, -0.15) is 5.10 Å². The van der Waals surface area contributed by atoms with Crippen LogP contribution in [0, 0.1) is 12.8 Å². The number of aromatic nitrogens is 5. The number of carbonyl (C=O) groups excluding carboxylic acids is 2. The van der Waals surface area contributed by atoms with Crippen molar-refractivity contribution < 1.29 is 14.2 Å². The van der Waals surface area contributed by atoms with Crippen LogP contribution in [0.1, 0.15) is 46.7 Å². The van der Waals surface area contributed by atoms with Crippen molar-refractivity contribution in [1.82, 2.24) is 35.5 Å². The van der Waals surface area contributed by atoms with Gasteiger partial charge in [0.2, 0.25) is 5.91 Å². The summed E-state index contributed by atoms with van der Waals surface area (Å²) in [6.07, 6.45) is 6.34. The summed E-state index contributed by atoms with van der Waals surface area (Å²) in [5, 5.41) is 17.1. The van der Waals surface area contributed by atoms with E-state index in [-0.39, 0.29) is 24.1 Å². The number of hydrogen-bond donors (Lipinski definition) is 2. The van der Waals surface area contributed by atoms with Crippen molar-refractivity contribution in [1.29, 1.82) is 0 Å². The molecule has 4 rings (SSSR count). The lowest BCUT2D eigenvalue weighted by molar-refractivity contribution is -0.121. The third-order valence-corrected chi connectivity index (χ3v) is 4.39. The molecule has 1 aliphatic rings. The van der Waals surface area contributed by atoms with Gasteiger partial charge in [0.1, 0.15) is 5.69 Å². The van der Waals surface area contributed by atoms with Gasteiger partial charge in [-0.3, -0.25) is 9.59 Å². The van der Waals surface area contributed by atoms with Crippen molar-refractivity contribution in [2.24, 2.45) is 5.92 Å². The number of rotatable bonds is 7. The molecular formula is C17H19N7O3. The number of amides is 2. The lowest BCUT2D eigenvalue weighted by Crippen LogP contribution is -2.24. The predicted molar refractivity (Wildman–Crippen MR) is 92.4 cm³/mol. The molecule has 10 nitrogen and oxygen atoms in total.